The molecule has 0 unspecified atom stereocenters. The molecule has 1 fully saturated rings. The summed E-state index contributed by atoms with van der Waals surface area (Å²) in [5, 5.41) is 0. The first kappa shape index (κ1) is 15.4. The van der Waals surface area contributed by atoms with E-state index in [0.29, 0.717) is 11.3 Å². The van der Waals surface area contributed by atoms with Crippen LogP contribution in [-0.4, -0.2) is 37.0 Å². The van der Waals surface area contributed by atoms with Crippen molar-refractivity contribution in [1.29, 1.82) is 0 Å². The Balaban J connectivity index is 1.70. The van der Waals surface area contributed by atoms with Crippen molar-refractivity contribution >= 4 is 17.3 Å². The summed E-state index contributed by atoms with van der Waals surface area (Å²) in [5.74, 6) is 0.0826. The van der Waals surface area contributed by atoms with E-state index >= 15 is 0 Å². The number of carbonyl (C=O) groups is 1. The van der Waals surface area contributed by atoms with E-state index in [4.69, 9.17) is 5.73 Å². The van der Waals surface area contributed by atoms with Crippen molar-refractivity contribution < 1.29 is 4.79 Å². The quantitative estimate of drug-likeness (QED) is 0.868. The topological polar surface area (TPSA) is 49.6 Å². The number of aryl methyl sites for hydroxylation is 2. The average molecular weight is 309 g/mol. The van der Waals surface area contributed by atoms with Crippen LogP contribution in [0, 0.1) is 13.8 Å². The van der Waals surface area contributed by atoms with Gasteiger partial charge in [0.25, 0.3) is 5.91 Å². The molecular weight excluding hydrogens is 286 g/mol. The minimum Gasteiger partial charge on any atom is -0.399 e. The molecule has 0 radical (unpaired) electrons. The van der Waals surface area contributed by atoms with Gasteiger partial charge in [0.2, 0.25) is 0 Å². The number of carbonyl (C=O) groups excluding carboxylic acids is 1. The number of nitrogens with zero attached hydrogens (tertiary/aromatic N) is 2. The highest BCUT2D eigenvalue weighted by molar-refractivity contribution is 5.96. The van der Waals surface area contributed by atoms with E-state index < -0.39 is 0 Å². The lowest BCUT2D eigenvalue weighted by Gasteiger charge is -2.37. The highest BCUT2D eigenvalue weighted by Crippen LogP contribution is 2.22. The van der Waals surface area contributed by atoms with Crippen LogP contribution in [0.1, 0.15) is 21.5 Å². The third-order valence-electron chi connectivity index (χ3n) is 4.52. The number of anilines is 2. The van der Waals surface area contributed by atoms with Crippen LogP contribution >= 0.6 is 0 Å². The second-order valence-corrected chi connectivity index (χ2v) is 6.14. The number of nitrogens with two attached hydrogens (primary N) is 1. The second kappa shape index (κ2) is 6.32. The smallest absolute Gasteiger partial charge is 0.254 e. The molecule has 0 saturated carbocycles. The van der Waals surface area contributed by atoms with Crippen molar-refractivity contribution in [1.82, 2.24) is 4.90 Å². The average Bonchev–Trinajstić information content (AvgIpc) is 2.57. The second-order valence-electron chi connectivity index (χ2n) is 6.14. The van der Waals surface area contributed by atoms with Crippen LogP contribution in [0.4, 0.5) is 11.4 Å². The molecule has 0 bridgehead atoms. The number of rotatable bonds is 2. The number of piperazine rings is 1. The van der Waals surface area contributed by atoms with Crippen molar-refractivity contribution in [3.8, 4) is 0 Å². The van der Waals surface area contributed by atoms with E-state index in [0.717, 1.165) is 31.7 Å². The van der Waals surface area contributed by atoms with Crippen molar-refractivity contribution in [2.45, 2.75) is 13.8 Å². The maximum Gasteiger partial charge on any atom is 0.254 e. The lowest BCUT2D eigenvalue weighted by atomic mass is 10.1. The summed E-state index contributed by atoms with van der Waals surface area (Å²) in [6.07, 6.45) is 0. The molecule has 23 heavy (non-hydrogen) atoms. The minimum atomic E-state index is 0.0826. The molecule has 4 nitrogen and oxygen atoms in total. The number of para-hydroxylation sites is 1. The van der Waals surface area contributed by atoms with E-state index in [2.05, 4.69) is 36.1 Å². The monoisotopic (exact) mass is 309 g/mol. The largest absolute Gasteiger partial charge is 0.399 e. The van der Waals surface area contributed by atoms with Crippen molar-refractivity contribution in [3.05, 3.63) is 59.2 Å². The number of nitrogen functional groups attached to an aromatic ring is 1. The van der Waals surface area contributed by atoms with Crippen molar-refractivity contribution in [2.75, 3.05) is 36.8 Å². The third-order valence-corrected chi connectivity index (χ3v) is 4.52. The molecule has 0 aliphatic carbocycles. The zero-order valence-electron chi connectivity index (χ0n) is 13.7. The number of amides is 1. The van der Waals surface area contributed by atoms with Gasteiger partial charge in [-0.2, -0.15) is 0 Å². The summed E-state index contributed by atoms with van der Waals surface area (Å²) in [7, 11) is 0. The molecule has 0 atom stereocenters. The number of hydrogen-bond donors (Lipinski definition) is 1. The fourth-order valence-electron chi connectivity index (χ4n) is 3.11. The van der Waals surface area contributed by atoms with Crippen LogP contribution in [0.2, 0.25) is 0 Å². The Bertz CT molecular complexity index is 718. The van der Waals surface area contributed by atoms with Gasteiger partial charge in [-0.1, -0.05) is 24.3 Å². The highest BCUT2D eigenvalue weighted by Gasteiger charge is 2.23. The number of hydrogen-bond acceptors (Lipinski definition) is 3. The van der Waals surface area contributed by atoms with E-state index in [9.17, 15) is 4.79 Å². The van der Waals surface area contributed by atoms with Crippen LogP contribution in [0.25, 0.3) is 0 Å². The van der Waals surface area contributed by atoms with Crippen LogP contribution in [-0.2, 0) is 0 Å². The molecule has 1 aliphatic rings. The Kier molecular flexibility index (Phi) is 4.24. The molecule has 1 heterocycles. The van der Waals surface area contributed by atoms with Crippen LogP contribution in [0.5, 0.6) is 0 Å². The molecule has 4 heteroatoms. The van der Waals surface area contributed by atoms with Crippen molar-refractivity contribution in [3.63, 3.8) is 0 Å². The standard InChI is InChI=1S/C19H23N3O/c1-14-7-8-16(20)13-17(14)19(23)22-11-9-21(10-12-22)18-6-4-3-5-15(18)2/h3-8,13H,9-12,20H2,1-2H3. The van der Waals surface area contributed by atoms with Gasteiger partial charge >= 0.3 is 0 Å². The first-order valence-electron chi connectivity index (χ1n) is 8.02. The van der Waals surface area contributed by atoms with Gasteiger partial charge in [0.15, 0.2) is 0 Å². The van der Waals surface area contributed by atoms with Gasteiger partial charge in [0, 0.05) is 43.1 Å². The Morgan fingerprint density at radius 3 is 2.35 bits per heavy atom. The van der Waals surface area contributed by atoms with Gasteiger partial charge in [-0.25, -0.2) is 0 Å². The Morgan fingerprint density at radius 1 is 0.957 bits per heavy atom. The molecule has 1 amide bonds. The molecular formula is C19H23N3O. The van der Waals surface area contributed by atoms with E-state index in [-0.39, 0.29) is 5.91 Å². The lowest BCUT2D eigenvalue weighted by molar-refractivity contribution is 0.0746. The summed E-state index contributed by atoms with van der Waals surface area (Å²) in [6, 6.07) is 13.9. The summed E-state index contributed by atoms with van der Waals surface area (Å²) in [4.78, 5) is 17.0. The summed E-state index contributed by atoms with van der Waals surface area (Å²) < 4.78 is 0. The normalized spacial score (nSPS) is 14.9. The molecule has 1 saturated heterocycles. The molecule has 0 spiro atoms. The van der Waals surface area contributed by atoms with Gasteiger partial charge in [-0.15, -0.1) is 0 Å². The van der Waals surface area contributed by atoms with Gasteiger partial charge in [0.1, 0.15) is 0 Å². The van der Waals surface area contributed by atoms with Crippen LogP contribution < -0.4 is 10.6 Å². The van der Waals surface area contributed by atoms with Gasteiger partial charge in [-0.3, -0.25) is 4.79 Å². The summed E-state index contributed by atoms with van der Waals surface area (Å²) >= 11 is 0. The van der Waals surface area contributed by atoms with E-state index in [1.165, 1.54) is 11.3 Å². The van der Waals surface area contributed by atoms with Gasteiger partial charge in [0.05, 0.1) is 0 Å². The maximum atomic E-state index is 12.7. The first-order chi connectivity index (χ1) is 11.1. The zero-order chi connectivity index (χ0) is 16.4. The maximum absolute atomic E-state index is 12.7. The molecule has 2 aromatic rings. The summed E-state index contributed by atoms with van der Waals surface area (Å²) in [5.41, 5.74) is 10.7. The minimum absolute atomic E-state index is 0.0826. The first-order valence-corrected chi connectivity index (χ1v) is 8.02. The molecule has 2 N–H and O–H groups in total. The Hall–Kier alpha value is -2.49. The fourth-order valence-corrected chi connectivity index (χ4v) is 3.11. The lowest BCUT2D eigenvalue weighted by Crippen LogP contribution is -2.49. The van der Waals surface area contributed by atoms with E-state index in [1.807, 2.05) is 24.0 Å². The molecule has 3 rings (SSSR count). The predicted molar refractivity (Wildman–Crippen MR) is 94.9 cm³/mol. The molecule has 120 valence electrons. The van der Waals surface area contributed by atoms with Crippen LogP contribution in [0.15, 0.2) is 42.5 Å². The molecule has 1 aliphatic heterocycles. The number of benzene rings is 2. The van der Waals surface area contributed by atoms with Gasteiger partial charge in [-0.05, 0) is 43.2 Å². The predicted octanol–water partition coefficient (Wildman–Crippen LogP) is 2.85. The van der Waals surface area contributed by atoms with E-state index in [1.54, 1.807) is 6.07 Å². The molecule has 0 aromatic heterocycles. The Labute approximate surface area is 137 Å². The summed E-state index contributed by atoms with van der Waals surface area (Å²) in [6.45, 7) is 7.28. The SMILES string of the molecule is Cc1ccc(N)cc1C(=O)N1CCN(c2ccccc2C)CC1. The highest BCUT2D eigenvalue weighted by atomic mass is 16.2. The van der Waals surface area contributed by atoms with Crippen LogP contribution in [0.3, 0.4) is 0 Å². The fraction of sp³-hybridized carbons (Fsp3) is 0.316. The zero-order valence-corrected chi connectivity index (χ0v) is 13.7. The third kappa shape index (κ3) is 3.16. The molecule has 2 aromatic carbocycles. The van der Waals surface area contributed by atoms with Gasteiger partial charge < -0.3 is 15.5 Å². The van der Waals surface area contributed by atoms with Crippen molar-refractivity contribution in [2.24, 2.45) is 0 Å². The Morgan fingerprint density at radius 2 is 1.65 bits per heavy atom.